The number of likely N-dealkylation sites (N-methyl/N-ethyl adjacent to an activating group) is 1. The predicted octanol–water partition coefficient (Wildman–Crippen LogP) is 1.16. The topological polar surface area (TPSA) is 108 Å². The van der Waals surface area contributed by atoms with Crippen LogP contribution in [0.25, 0.3) is 0 Å². The van der Waals surface area contributed by atoms with Gasteiger partial charge in [0.05, 0.1) is 18.6 Å². The van der Waals surface area contributed by atoms with Crippen LogP contribution in [0.15, 0.2) is 18.2 Å². The highest BCUT2D eigenvalue weighted by Crippen LogP contribution is 2.34. The lowest BCUT2D eigenvalue weighted by Crippen LogP contribution is -2.43. The van der Waals surface area contributed by atoms with E-state index in [1.54, 1.807) is 12.1 Å². The highest BCUT2D eigenvalue weighted by Gasteiger charge is 2.29. The third-order valence-electron chi connectivity index (χ3n) is 5.67. The van der Waals surface area contributed by atoms with E-state index >= 15 is 0 Å². The maximum absolute atomic E-state index is 12.4. The van der Waals surface area contributed by atoms with Gasteiger partial charge < -0.3 is 15.4 Å². The van der Waals surface area contributed by atoms with E-state index in [0.717, 1.165) is 32.4 Å². The second kappa shape index (κ2) is 9.65. The Hall–Kier alpha value is -2.33. The molecule has 2 N–H and O–H groups in total. The number of benzene rings is 1. The summed E-state index contributed by atoms with van der Waals surface area (Å²) in [6.45, 7) is 4.85. The van der Waals surface area contributed by atoms with E-state index < -0.39 is 21.8 Å². The Morgan fingerprint density at radius 2 is 1.97 bits per heavy atom. The number of sulfonamides is 1. The Kier molecular flexibility index (Phi) is 7.19. The normalized spacial score (nSPS) is 21.3. The van der Waals surface area contributed by atoms with Crippen molar-refractivity contribution in [3.63, 3.8) is 0 Å². The molecule has 0 spiro atoms. The summed E-state index contributed by atoms with van der Waals surface area (Å²) >= 11 is 0. The zero-order valence-electron chi connectivity index (χ0n) is 17.5. The Balaban J connectivity index is 1.63. The van der Waals surface area contributed by atoms with Gasteiger partial charge in [0.2, 0.25) is 10.0 Å². The molecule has 0 aromatic heterocycles. The molecule has 1 atom stereocenters. The molecule has 2 aliphatic rings. The van der Waals surface area contributed by atoms with Crippen molar-refractivity contribution in [3.8, 4) is 5.75 Å². The van der Waals surface area contributed by atoms with E-state index in [1.165, 1.54) is 17.5 Å². The Bertz CT molecular complexity index is 889. The Morgan fingerprint density at radius 3 is 2.67 bits per heavy atom. The lowest BCUT2D eigenvalue weighted by atomic mass is 10.2. The molecular weight excluding hydrogens is 408 g/mol. The molecule has 0 aliphatic carbocycles. The smallest absolute Gasteiger partial charge is 0.313 e. The van der Waals surface area contributed by atoms with Crippen LogP contribution in [0.4, 0.5) is 11.4 Å². The van der Waals surface area contributed by atoms with E-state index in [-0.39, 0.29) is 11.8 Å². The lowest BCUT2D eigenvalue weighted by Gasteiger charge is -2.29. The summed E-state index contributed by atoms with van der Waals surface area (Å²) in [4.78, 5) is 26.8. The molecule has 3 rings (SSSR count). The van der Waals surface area contributed by atoms with Crippen LogP contribution in [-0.2, 0) is 19.6 Å². The SMILES string of the molecule is CCN1CCCC1CNC(=O)C(=O)Nc1ccc(N2CCCCS2(=O)=O)c(OC)c1. The monoisotopic (exact) mass is 438 g/mol. The number of carbonyl (C=O) groups is 2. The standard InChI is InChI=1S/C20H30N4O5S/c1-3-23-10-6-7-16(23)14-21-19(25)20(26)22-15-8-9-17(18(13-15)29-2)24-11-4-5-12-30(24,27)28/h8-9,13,16H,3-7,10-12,14H2,1-2H3,(H,21,25)(H,22,26). The number of carbonyl (C=O) groups excluding carboxylic acids is 2. The zero-order chi connectivity index (χ0) is 21.7. The average molecular weight is 439 g/mol. The fraction of sp³-hybridized carbons (Fsp3) is 0.600. The number of ether oxygens (including phenoxy) is 1. The van der Waals surface area contributed by atoms with Crippen LogP contribution in [0.5, 0.6) is 5.75 Å². The fourth-order valence-corrected chi connectivity index (χ4v) is 5.69. The van der Waals surface area contributed by atoms with Gasteiger partial charge in [-0.2, -0.15) is 0 Å². The number of nitrogens with one attached hydrogen (secondary N) is 2. The number of likely N-dealkylation sites (tertiary alicyclic amines) is 1. The van der Waals surface area contributed by atoms with Crippen LogP contribution in [0.2, 0.25) is 0 Å². The minimum absolute atomic E-state index is 0.102. The third kappa shape index (κ3) is 5.04. The number of amides is 2. The van der Waals surface area contributed by atoms with E-state index in [2.05, 4.69) is 22.5 Å². The van der Waals surface area contributed by atoms with Gasteiger partial charge in [0.15, 0.2) is 0 Å². The Morgan fingerprint density at radius 1 is 1.17 bits per heavy atom. The van der Waals surface area contributed by atoms with Crippen molar-refractivity contribution >= 4 is 33.2 Å². The molecule has 2 saturated heterocycles. The van der Waals surface area contributed by atoms with Crippen molar-refractivity contribution in [1.29, 1.82) is 0 Å². The minimum atomic E-state index is -3.38. The molecule has 0 radical (unpaired) electrons. The number of hydrogen-bond donors (Lipinski definition) is 2. The second-order valence-electron chi connectivity index (χ2n) is 7.57. The first-order valence-corrected chi connectivity index (χ1v) is 12.0. The molecule has 2 aliphatic heterocycles. The van der Waals surface area contributed by atoms with E-state index in [9.17, 15) is 18.0 Å². The van der Waals surface area contributed by atoms with Crippen LogP contribution < -0.4 is 19.7 Å². The van der Waals surface area contributed by atoms with Crippen molar-refractivity contribution in [1.82, 2.24) is 10.2 Å². The first-order chi connectivity index (χ1) is 14.4. The van der Waals surface area contributed by atoms with E-state index in [1.807, 2.05) is 0 Å². The first kappa shape index (κ1) is 22.4. The van der Waals surface area contributed by atoms with Crippen molar-refractivity contribution in [3.05, 3.63) is 18.2 Å². The van der Waals surface area contributed by atoms with E-state index in [4.69, 9.17) is 4.74 Å². The average Bonchev–Trinajstić information content (AvgIpc) is 3.19. The third-order valence-corrected chi connectivity index (χ3v) is 7.52. The molecule has 2 heterocycles. The molecule has 1 aromatic rings. The van der Waals surface area contributed by atoms with Gasteiger partial charge in [-0.05, 0) is 50.9 Å². The first-order valence-electron chi connectivity index (χ1n) is 10.4. The quantitative estimate of drug-likeness (QED) is 0.646. The number of anilines is 2. The number of nitrogens with zero attached hydrogens (tertiary/aromatic N) is 2. The summed E-state index contributed by atoms with van der Waals surface area (Å²) in [5.41, 5.74) is 0.793. The number of methoxy groups -OCH3 is 1. The molecule has 30 heavy (non-hydrogen) atoms. The molecule has 166 valence electrons. The molecule has 10 heteroatoms. The highest BCUT2D eigenvalue weighted by atomic mass is 32.2. The summed E-state index contributed by atoms with van der Waals surface area (Å²) in [7, 11) is -1.94. The van der Waals surface area contributed by atoms with Crippen molar-refractivity contribution in [2.75, 3.05) is 48.7 Å². The van der Waals surface area contributed by atoms with Gasteiger partial charge in [0, 0.05) is 30.9 Å². The molecule has 2 fully saturated rings. The largest absolute Gasteiger partial charge is 0.494 e. The van der Waals surface area contributed by atoms with Crippen LogP contribution >= 0.6 is 0 Å². The van der Waals surface area contributed by atoms with Crippen molar-refractivity contribution in [2.45, 2.75) is 38.6 Å². The second-order valence-corrected chi connectivity index (χ2v) is 9.58. The predicted molar refractivity (Wildman–Crippen MR) is 115 cm³/mol. The molecule has 2 amide bonds. The van der Waals surface area contributed by atoms with Crippen LogP contribution in [0, 0.1) is 0 Å². The molecule has 1 aromatic carbocycles. The highest BCUT2D eigenvalue weighted by molar-refractivity contribution is 7.92. The van der Waals surface area contributed by atoms with Gasteiger partial charge in [-0.3, -0.25) is 18.8 Å². The van der Waals surface area contributed by atoms with Crippen molar-refractivity contribution in [2.24, 2.45) is 0 Å². The van der Waals surface area contributed by atoms with Crippen LogP contribution in [-0.4, -0.2) is 70.2 Å². The summed E-state index contributed by atoms with van der Waals surface area (Å²) < 4.78 is 31.4. The molecular formula is C20H30N4O5S. The fourth-order valence-electron chi connectivity index (χ4n) is 4.04. The molecule has 0 saturated carbocycles. The maximum atomic E-state index is 12.4. The lowest BCUT2D eigenvalue weighted by molar-refractivity contribution is -0.136. The van der Waals surface area contributed by atoms with Gasteiger partial charge in [-0.15, -0.1) is 0 Å². The zero-order valence-corrected chi connectivity index (χ0v) is 18.3. The molecule has 9 nitrogen and oxygen atoms in total. The van der Waals surface area contributed by atoms with Gasteiger partial charge >= 0.3 is 11.8 Å². The van der Waals surface area contributed by atoms with Crippen LogP contribution in [0.1, 0.15) is 32.6 Å². The summed E-state index contributed by atoms with van der Waals surface area (Å²) in [5, 5.41) is 5.26. The maximum Gasteiger partial charge on any atom is 0.313 e. The van der Waals surface area contributed by atoms with Crippen molar-refractivity contribution < 1.29 is 22.7 Å². The molecule has 0 bridgehead atoms. The van der Waals surface area contributed by atoms with Gasteiger partial charge in [-0.25, -0.2) is 8.42 Å². The van der Waals surface area contributed by atoms with E-state index in [0.29, 0.717) is 36.6 Å². The Labute approximate surface area is 177 Å². The molecule has 1 unspecified atom stereocenters. The van der Waals surface area contributed by atoms with Gasteiger partial charge in [0.25, 0.3) is 0 Å². The summed E-state index contributed by atoms with van der Waals surface area (Å²) in [6.07, 6.45) is 3.52. The van der Waals surface area contributed by atoms with Gasteiger partial charge in [-0.1, -0.05) is 6.92 Å². The number of hydrogen-bond acceptors (Lipinski definition) is 6. The summed E-state index contributed by atoms with van der Waals surface area (Å²) in [5.74, 6) is -1.04. The summed E-state index contributed by atoms with van der Waals surface area (Å²) in [6, 6.07) is 4.95. The van der Waals surface area contributed by atoms with Gasteiger partial charge in [0.1, 0.15) is 5.75 Å². The van der Waals surface area contributed by atoms with Crippen LogP contribution in [0.3, 0.4) is 0 Å². The number of rotatable bonds is 6. The minimum Gasteiger partial charge on any atom is -0.494 e.